The molecule has 0 spiro atoms. The van der Waals surface area contributed by atoms with Crippen LogP contribution in [-0.2, 0) is 10.0 Å². The zero-order chi connectivity index (χ0) is 17.2. The van der Waals surface area contributed by atoms with E-state index in [0.29, 0.717) is 25.9 Å². The van der Waals surface area contributed by atoms with Gasteiger partial charge in [-0.2, -0.15) is 4.31 Å². The Morgan fingerprint density at radius 3 is 2.42 bits per heavy atom. The molecule has 0 radical (unpaired) electrons. The molecule has 2 N–H and O–H groups in total. The summed E-state index contributed by atoms with van der Waals surface area (Å²) in [5.41, 5.74) is 5.38. The van der Waals surface area contributed by atoms with E-state index in [2.05, 4.69) is 0 Å². The van der Waals surface area contributed by atoms with Gasteiger partial charge in [0.15, 0.2) is 4.90 Å². The molecule has 2 rings (SSSR count). The van der Waals surface area contributed by atoms with Crippen molar-refractivity contribution in [1.82, 2.24) is 4.31 Å². The first-order valence-electron chi connectivity index (χ1n) is 7.35. The minimum Gasteiger partial charge on any atom is -0.497 e. The minimum atomic E-state index is -3.92. The van der Waals surface area contributed by atoms with Crippen LogP contribution in [-0.4, -0.2) is 43.9 Å². The topological polar surface area (TPSA) is 116 Å². The molecule has 8 nitrogen and oxygen atoms in total. The summed E-state index contributed by atoms with van der Waals surface area (Å²) in [4.78, 5) is 10.2. The van der Waals surface area contributed by atoms with Crippen molar-refractivity contribution >= 4 is 28.1 Å². The maximum Gasteiger partial charge on any atom is 0.293 e. The Hall–Kier alpha value is -1.42. The number of halogens is 1. The zero-order valence-corrected chi connectivity index (χ0v) is 15.2. The van der Waals surface area contributed by atoms with Gasteiger partial charge in [-0.1, -0.05) is 0 Å². The lowest BCUT2D eigenvalue weighted by atomic mass is 9.92. The summed E-state index contributed by atoms with van der Waals surface area (Å²) in [6.07, 6.45) is 1.31. The Kier molecular flexibility index (Phi) is 6.97. The molecule has 0 aromatic heterocycles. The van der Waals surface area contributed by atoms with Gasteiger partial charge in [0.25, 0.3) is 5.69 Å². The maximum absolute atomic E-state index is 12.7. The van der Waals surface area contributed by atoms with Crippen LogP contribution in [0.2, 0.25) is 0 Å². The zero-order valence-electron chi connectivity index (χ0n) is 13.5. The van der Waals surface area contributed by atoms with Crippen LogP contribution in [0, 0.1) is 16.0 Å². The van der Waals surface area contributed by atoms with Crippen molar-refractivity contribution in [1.29, 1.82) is 0 Å². The number of nitro groups is 1. The monoisotopic (exact) mass is 379 g/mol. The number of methoxy groups -OCH3 is 1. The third-order valence-electron chi connectivity index (χ3n) is 4.22. The maximum atomic E-state index is 12.7. The van der Waals surface area contributed by atoms with Gasteiger partial charge in [-0.05, 0) is 37.8 Å². The van der Waals surface area contributed by atoms with Crippen molar-refractivity contribution in [2.45, 2.75) is 30.7 Å². The number of nitrogens with zero attached hydrogens (tertiary/aromatic N) is 2. The van der Waals surface area contributed by atoms with Crippen LogP contribution < -0.4 is 10.5 Å². The van der Waals surface area contributed by atoms with Gasteiger partial charge in [-0.15, -0.1) is 12.4 Å². The number of benzene rings is 1. The van der Waals surface area contributed by atoms with Gasteiger partial charge in [-0.25, -0.2) is 8.42 Å². The predicted octanol–water partition coefficient (Wildman–Crippen LogP) is 1.77. The number of nitrogens with two attached hydrogens (primary N) is 1. The fourth-order valence-electron chi connectivity index (χ4n) is 2.77. The van der Waals surface area contributed by atoms with E-state index >= 15 is 0 Å². The van der Waals surface area contributed by atoms with Gasteiger partial charge in [0.2, 0.25) is 10.0 Å². The molecule has 136 valence electrons. The molecule has 0 saturated carbocycles. The number of hydrogen-bond donors (Lipinski definition) is 1. The second kappa shape index (κ2) is 8.11. The van der Waals surface area contributed by atoms with Crippen LogP contribution in [0.4, 0.5) is 5.69 Å². The van der Waals surface area contributed by atoms with Gasteiger partial charge in [-0.3, -0.25) is 10.1 Å². The predicted molar refractivity (Wildman–Crippen MR) is 92.0 cm³/mol. The van der Waals surface area contributed by atoms with Gasteiger partial charge in [0, 0.05) is 19.1 Å². The second-order valence-electron chi connectivity index (χ2n) is 5.69. The van der Waals surface area contributed by atoms with E-state index in [1.54, 1.807) is 0 Å². The van der Waals surface area contributed by atoms with Crippen LogP contribution in [0.25, 0.3) is 0 Å². The summed E-state index contributed by atoms with van der Waals surface area (Å²) >= 11 is 0. The largest absolute Gasteiger partial charge is 0.497 e. The lowest BCUT2D eigenvalue weighted by molar-refractivity contribution is -0.387. The van der Waals surface area contributed by atoms with Crippen LogP contribution in [0.15, 0.2) is 23.1 Å². The fraction of sp³-hybridized carbons (Fsp3) is 0.571. The summed E-state index contributed by atoms with van der Waals surface area (Å²) in [6.45, 7) is 2.54. The Balaban J connectivity index is 0.00000288. The van der Waals surface area contributed by atoms with E-state index in [0.717, 1.165) is 6.07 Å². The molecule has 1 aliphatic rings. The van der Waals surface area contributed by atoms with Crippen LogP contribution in [0.5, 0.6) is 5.75 Å². The van der Waals surface area contributed by atoms with Gasteiger partial charge in [0.1, 0.15) is 5.75 Å². The summed E-state index contributed by atoms with van der Waals surface area (Å²) in [5.74, 6) is 0.513. The van der Waals surface area contributed by atoms with Gasteiger partial charge < -0.3 is 10.5 Å². The molecule has 1 fully saturated rings. The Morgan fingerprint density at radius 1 is 1.38 bits per heavy atom. The Labute approximate surface area is 147 Å². The average Bonchev–Trinajstić information content (AvgIpc) is 2.54. The van der Waals surface area contributed by atoms with Crippen molar-refractivity contribution in [3.05, 3.63) is 28.3 Å². The fourth-order valence-corrected chi connectivity index (χ4v) is 4.37. The lowest BCUT2D eigenvalue weighted by Crippen LogP contribution is -2.42. The summed E-state index contributed by atoms with van der Waals surface area (Å²) in [7, 11) is -2.55. The molecule has 0 aliphatic carbocycles. The molecule has 1 atom stereocenters. The molecule has 24 heavy (non-hydrogen) atoms. The molecular weight excluding hydrogens is 358 g/mol. The second-order valence-corrected chi connectivity index (χ2v) is 7.60. The molecule has 1 saturated heterocycles. The SMILES string of the molecule is COc1ccc(S(=O)(=O)N2CCC(C(C)N)CC2)c([N+](=O)[O-])c1.Cl. The molecule has 1 aromatic rings. The quantitative estimate of drug-likeness (QED) is 0.615. The first-order chi connectivity index (χ1) is 10.8. The van der Waals surface area contributed by atoms with E-state index in [9.17, 15) is 18.5 Å². The van der Waals surface area contributed by atoms with Crippen molar-refractivity contribution in [3.63, 3.8) is 0 Å². The van der Waals surface area contributed by atoms with E-state index in [-0.39, 0.29) is 35.0 Å². The van der Waals surface area contributed by atoms with E-state index in [1.807, 2.05) is 6.92 Å². The van der Waals surface area contributed by atoms with Crippen molar-refractivity contribution in [2.24, 2.45) is 11.7 Å². The van der Waals surface area contributed by atoms with Gasteiger partial charge >= 0.3 is 0 Å². The average molecular weight is 380 g/mol. The third-order valence-corrected chi connectivity index (χ3v) is 6.17. The summed E-state index contributed by atoms with van der Waals surface area (Å²) in [5, 5.41) is 11.2. The number of hydrogen-bond acceptors (Lipinski definition) is 6. The number of piperidine rings is 1. The Bertz CT molecular complexity index is 688. The Morgan fingerprint density at radius 2 is 1.96 bits per heavy atom. The lowest BCUT2D eigenvalue weighted by Gasteiger charge is -2.32. The van der Waals surface area contributed by atoms with Crippen molar-refractivity contribution in [2.75, 3.05) is 20.2 Å². The molecular formula is C14H22ClN3O5S. The summed E-state index contributed by atoms with van der Waals surface area (Å²) in [6, 6.07) is 3.77. The highest BCUT2D eigenvalue weighted by atomic mass is 35.5. The number of ether oxygens (including phenoxy) is 1. The smallest absolute Gasteiger partial charge is 0.293 e. The standard InChI is InChI=1S/C14H21N3O5S.ClH/c1-10(15)11-5-7-16(8-6-11)23(20,21)14-4-3-12(22-2)9-13(14)17(18)19;/h3-4,9-11H,5-8,15H2,1-2H3;1H. The number of nitro benzene ring substituents is 1. The van der Waals surface area contributed by atoms with E-state index < -0.39 is 20.6 Å². The molecule has 0 bridgehead atoms. The van der Waals surface area contributed by atoms with Gasteiger partial charge in [0.05, 0.1) is 18.1 Å². The number of rotatable bonds is 5. The highest BCUT2D eigenvalue weighted by molar-refractivity contribution is 7.89. The van der Waals surface area contributed by atoms with E-state index in [1.165, 1.54) is 23.5 Å². The normalized spacial score (nSPS) is 17.8. The minimum absolute atomic E-state index is 0. The highest BCUT2D eigenvalue weighted by Gasteiger charge is 2.35. The molecule has 1 aliphatic heterocycles. The third kappa shape index (κ3) is 4.15. The first kappa shape index (κ1) is 20.6. The van der Waals surface area contributed by atoms with Crippen LogP contribution in [0.1, 0.15) is 19.8 Å². The summed E-state index contributed by atoms with van der Waals surface area (Å²) < 4.78 is 31.7. The van der Waals surface area contributed by atoms with Crippen molar-refractivity contribution in [3.8, 4) is 5.75 Å². The van der Waals surface area contributed by atoms with Crippen molar-refractivity contribution < 1.29 is 18.1 Å². The van der Waals surface area contributed by atoms with Crippen LogP contribution >= 0.6 is 12.4 Å². The molecule has 1 unspecified atom stereocenters. The first-order valence-corrected chi connectivity index (χ1v) is 8.79. The van der Waals surface area contributed by atoms with E-state index in [4.69, 9.17) is 10.5 Å². The van der Waals surface area contributed by atoms with Crippen LogP contribution in [0.3, 0.4) is 0 Å². The molecule has 0 amide bonds. The highest BCUT2D eigenvalue weighted by Crippen LogP contribution is 2.32. The molecule has 1 heterocycles. The molecule has 1 aromatic carbocycles. The number of sulfonamides is 1. The molecule has 10 heteroatoms.